The van der Waals surface area contributed by atoms with E-state index in [1.165, 1.54) is 19.5 Å². The zero-order chi connectivity index (χ0) is 13.4. The summed E-state index contributed by atoms with van der Waals surface area (Å²) in [7, 11) is 1.30. The Bertz CT molecular complexity index is 384. The highest BCUT2D eigenvalue weighted by atomic mass is 16.5. The van der Waals surface area contributed by atoms with Crippen molar-refractivity contribution in [2.45, 2.75) is 13.0 Å². The molecule has 0 saturated carbocycles. The first-order valence-corrected chi connectivity index (χ1v) is 5.66. The Morgan fingerprint density at radius 3 is 2.94 bits per heavy atom. The molecule has 1 rings (SSSR count). The van der Waals surface area contributed by atoms with Crippen molar-refractivity contribution in [3.63, 3.8) is 0 Å². The minimum atomic E-state index is -0.515. The number of rotatable bonds is 7. The molecular weight excluding hydrogens is 236 g/mol. The number of anilines is 1. The van der Waals surface area contributed by atoms with Gasteiger partial charge in [0.1, 0.15) is 5.82 Å². The molecule has 18 heavy (non-hydrogen) atoms. The Morgan fingerprint density at radius 2 is 2.28 bits per heavy atom. The Hall–Kier alpha value is -1.73. The van der Waals surface area contributed by atoms with E-state index < -0.39 is 5.97 Å². The van der Waals surface area contributed by atoms with Crippen molar-refractivity contribution in [2.24, 2.45) is 0 Å². The number of nitrogens with zero attached hydrogens (tertiary/aromatic N) is 2. The highest BCUT2D eigenvalue weighted by Gasteiger charge is 2.07. The van der Waals surface area contributed by atoms with Crippen molar-refractivity contribution in [2.75, 3.05) is 32.1 Å². The normalized spacial score (nSPS) is 11.9. The average Bonchev–Trinajstić information content (AvgIpc) is 2.37. The molecular formula is C11H18N4O3. The van der Waals surface area contributed by atoms with Crippen LogP contribution in [-0.2, 0) is 4.74 Å². The molecule has 0 aliphatic rings. The van der Waals surface area contributed by atoms with Gasteiger partial charge < -0.3 is 20.5 Å². The molecule has 1 aromatic rings. The van der Waals surface area contributed by atoms with E-state index in [1.54, 1.807) is 6.92 Å². The smallest absolute Gasteiger partial charge is 0.358 e. The monoisotopic (exact) mass is 254 g/mol. The summed E-state index contributed by atoms with van der Waals surface area (Å²) in [5.74, 6) is -0.00451. The number of carbonyl (C=O) groups is 1. The van der Waals surface area contributed by atoms with Crippen molar-refractivity contribution in [1.29, 1.82) is 0 Å². The number of esters is 1. The first kappa shape index (κ1) is 14.3. The summed E-state index contributed by atoms with van der Waals surface area (Å²) >= 11 is 0. The third-order valence-electron chi connectivity index (χ3n) is 2.08. The van der Waals surface area contributed by atoms with E-state index in [9.17, 15) is 4.79 Å². The van der Waals surface area contributed by atoms with Crippen LogP contribution in [0.4, 0.5) is 5.82 Å². The Labute approximate surface area is 106 Å². The van der Waals surface area contributed by atoms with E-state index in [0.717, 1.165) is 0 Å². The fourth-order valence-corrected chi connectivity index (χ4v) is 1.24. The summed E-state index contributed by atoms with van der Waals surface area (Å²) in [5, 5.41) is 15.1. The van der Waals surface area contributed by atoms with Crippen molar-refractivity contribution in [3.8, 4) is 0 Å². The number of carbonyl (C=O) groups excluding carboxylic acids is 1. The lowest BCUT2D eigenvalue weighted by Gasteiger charge is -2.08. The highest BCUT2D eigenvalue weighted by molar-refractivity contribution is 5.87. The molecule has 1 atom stereocenters. The van der Waals surface area contributed by atoms with Gasteiger partial charge in [0.05, 0.1) is 25.6 Å². The van der Waals surface area contributed by atoms with Crippen molar-refractivity contribution >= 4 is 11.8 Å². The zero-order valence-electron chi connectivity index (χ0n) is 10.5. The summed E-state index contributed by atoms with van der Waals surface area (Å²) in [6.07, 6.45) is 2.51. The lowest BCUT2D eigenvalue weighted by molar-refractivity contribution is 0.0593. The van der Waals surface area contributed by atoms with Gasteiger partial charge in [0.15, 0.2) is 5.69 Å². The number of ether oxygens (including phenoxy) is 1. The Balaban J connectivity index is 2.36. The summed E-state index contributed by atoms with van der Waals surface area (Å²) in [6.45, 7) is 3.54. The predicted octanol–water partition coefficient (Wildman–Crippen LogP) is -0.355. The van der Waals surface area contributed by atoms with E-state index >= 15 is 0 Å². The third-order valence-corrected chi connectivity index (χ3v) is 2.08. The fourth-order valence-electron chi connectivity index (χ4n) is 1.24. The molecule has 0 radical (unpaired) electrons. The SMILES string of the molecule is COC(=O)c1cncc(NCCNCC(C)O)n1. The van der Waals surface area contributed by atoms with Gasteiger partial charge in [-0.15, -0.1) is 0 Å². The van der Waals surface area contributed by atoms with E-state index in [1.807, 2.05) is 0 Å². The molecule has 0 bridgehead atoms. The number of aliphatic hydroxyl groups is 1. The number of hydrogen-bond donors (Lipinski definition) is 3. The molecule has 3 N–H and O–H groups in total. The van der Waals surface area contributed by atoms with Gasteiger partial charge in [0.25, 0.3) is 0 Å². The van der Waals surface area contributed by atoms with Crippen LogP contribution in [0.2, 0.25) is 0 Å². The molecule has 7 heteroatoms. The second-order valence-electron chi connectivity index (χ2n) is 3.76. The summed E-state index contributed by atoms with van der Waals surface area (Å²) in [4.78, 5) is 19.2. The van der Waals surface area contributed by atoms with Gasteiger partial charge >= 0.3 is 5.97 Å². The van der Waals surface area contributed by atoms with E-state index in [0.29, 0.717) is 25.5 Å². The van der Waals surface area contributed by atoms with Crippen LogP contribution in [0, 0.1) is 0 Å². The van der Waals surface area contributed by atoms with Gasteiger partial charge in [-0.05, 0) is 6.92 Å². The lowest BCUT2D eigenvalue weighted by atomic mass is 10.4. The molecule has 1 aromatic heterocycles. The standard InChI is InChI=1S/C11H18N4O3/c1-8(16)5-12-3-4-14-10-7-13-6-9(15-10)11(17)18-2/h6-8,12,16H,3-5H2,1-2H3,(H,14,15). The van der Waals surface area contributed by atoms with Crippen molar-refractivity contribution in [3.05, 3.63) is 18.1 Å². The highest BCUT2D eigenvalue weighted by Crippen LogP contribution is 2.02. The predicted molar refractivity (Wildman–Crippen MR) is 66.4 cm³/mol. The molecule has 0 saturated heterocycles. The maximum absolute atomic E-state index is 11.2. The number of aliphatic hydroxyl groups excluding tert-OH is 1. The van der Waals surface area contributed by atoms with E-state index in [-0.39, 0.29) is 11.8 Å². The molecule has 1 heterocycles. The summed E-state index contributed by atoms with van der Waals surface area (Å²) in [6, 6.07) is 0. The third kappa shape index (κ3) is 5.07. The van der Waals surface area contributed by atoms with Crippen LogP contribution < -0.4 is 10.6 Å². The van der Waals surface area contributed by atoms with Gasteiger partial charge in [-0.1, -0.05) is 0 Å². The van der Waals surface area contributed by atoms with Crippen molar-refractivity contribution in [1.82, 2.24) is 15.3 Å². The first-order valence-electron chi connectivity index (χ1n) is 5.66. The van der Waals surface area contributed by atoms with E-state index in [2.05, 4.69) is 25.3 Å². The Kier molecular flexibility index (Phi) is 6.03. The van der Waals surface area contributed by atoms with Crippen LogP contribution in [0.3, 0.4) is 0 Å². The van der Waals surface area contributed by atoms with Crippen LogP contribution in [0.1, 0.15) is 17.4 Å². The van der Waals surface area contributed by atoms with Gasteiger partial charge in [-0.2, -0.15) is 0 Å². The molecule has 100 valence electrons. The molecule has 0 aliphatic heterocycles. The molecule has 1 unspecified atom stereocenters. The molecule has 0 fully saturated rings. The average molecular weight is 254 g/mol. The quantitative estimate of drug-likeness (QED) is 0.452. The maximum Gasteiger partial charge on any atom is 0.358 e. The number of nitrogens with one attached hydrogen (secondary N) is 2. The van der Waals surface area contributed by atoms with Crippen LogP contribution in [0.5, 0.6) is 0 Å². The summed E-state index contributed by atoms with van der Waals surface area (Å²) in [5.41, 5.74) is 0.166. The molecule has 7 nitrogen and oxygen atoms in total. The van der Waals surface area contributed by atoms with Crippen LogP contribution in [0.25, 0.3) is 0 Å². The van der Waals surface area contributed by atoms with Gasteiger partial charge in [0, 0.05) is 19.6 Å². The van der Waals surface area contributed by atoms with Gasteiger partial charge in [0.2, 0.25) is 0 Å². The maximum atomic E-state index is 11.2. The fraction of sp³-hybridized carbons (Fsp3) is 0.545. The Morgan fingerprint density at radius 1 is 1.50 bits per heavy atom. The summed E-state index contributed by atoms with van der Waals surface area (Å²) < 4.78 is 4.55. The second-order valence-corrected chi connectivity index (χ2v) is 3.76. The second kappa shape index (κ2) is 7.57. The van der Waals surface area contributed by atoms with Gasteiger partial charge in [-0.25, -0.2) is 9.78 Å². The van der Waals surface area contributed by atoms with Gasteiger partial charge in [-0.3, -0.25) is 4.98 Å². The lowest BCUT2D eigenvalue weighted by Crippen LogP contribution is -2.29. The largest absolute Gasteiger partial charge is 0.464 e. The van der Waals surface area contributed by atoms with Crippen LogP contribution >= 0.6 is 0 Å². The minimum absolute atomic E-state index is 0.166. The first-order chi connectivity index (χ1) is 8.63. The molecule has 0 aromatic carbocycles. The topological polar surface area (TPSA) is 96.4 Å². The number of hydrogen-bond acceptors (Lipinski definition) is 7. The number of aromatic nitrogens is 2. The minimum Gasteiger partial charge on any atom is -0.464 e. The molecule has 0 amide bonds. The zero-order valence-corrected chi connectivity index (χ0v) is 10.5. The van der Waals surface area contributed by atoms with Crippen LogP contribution in [-0.4, -0.2) is 53.9 Å². The molecule has 0 spiro atoms. The van der Waals surface area contributed by atoms with Crippen molar-refractivity contribution < 1.29 is 14.6 Å². The molecule has 0 aliphatic carbocycles. The van der Waals surface area contributed by atoms with Crippen LogP contribution in [0.15, 0.2) is 12.4 Å². The number of methoxy groups -OCH3 is 1. The van der Waals surface area contributed by atoms with E-state index in [4.69, 9.17) is 5.11 Å².